The maximum Gasteiger partial charge on any atom is 0.133 e. The van der Waals surface area contributed by atoms with E-state index in [1.54, 1.807) is 0 Å². The molecule has 0 spiro atoms. The Balaban J connectivity index is 2.43. The van der Waals surface area contributed by atoms with E-state index in [1.165, 1.54) is 24.0 Å². The lowest BCUT2D eigenvalue weighted by Crippen LogP contribution is -2.09. The first-order valence-corrected chi connectivity index (χ1v) is 7.17. The summed E-state index contributed by atoms with van der Waals surface area (Å²) in [5.74, 6) is 0.745. The summed E-state index contributed by atoms with van der Waals surface area (Å²) in [6.07, 6.45) is 5.61. The molecule has 17 heavy (non-hydrogen) atoms. The lowest BCUT2D eigenvalue weighted by molar-refractivity contribution is 0.455. The number of nitrogens with two attached hydrogens (primary N) is 1. The monoisotopic (exact) mass is 297 g/mol. The van der Waals surface area contributed by atoms with Gasteiger partial charge < -0.3 is 10.8 Å². The van der Waals surface area contributed by atoms with Crippen molar-refractivity contribution in [3.63, 3.8) is 0 Å². The smallest absolute Gasteiger partial charge is 0.133 e. The molecule has 0 fully saturated rings. The molecule has 2 nitrogen and oxygen atoms in total. The predicted molar refractivity (Wildman–Crippen MR) is 74.5 cm³/mol. The van der Waals surface area contributed by atoms with E-state index in [0.717, 1.165) is 29.3 Å². The Morgan fingerprint density at radius 3 is 2.82 bits per heavy atom. The zero-order valence-corrected chi connectivity index (χ0v) is 11.9. The summed E-state index contributed by atoms with van der Waals surface area (Å²) >= 11 is 3.55. The normalized spacial score (nSPS) is 16.6. The van der Waals surface area contributed by atoms with Crippen LogP contribution in [0.3, 0.4) is 0 Å². The molecule has 0 saturated carbocycles. The molecule has 1 unspecified atom stereocenters. The highest BCUT2D eigenvalue weighted by atomic mass is 79.9. The number of phenols is 1. The largest absolute Gasteiger partial charge is 0.506 e. The molecule has 1 aliphatic rings. The molecule has 0 bridgehead atoms. The zero-order chi connectivity index (χ0) is 12.4. The van der Waals surface area contributed by atoms with Gasteiger partial charge in [-0.25, -0.2) is 0 Å². The van der Waals surface area contributed by atoms with E-state index in [9.17, 15) is 5.11 Å². The van der Waals surface area contributed by atoms with Gasteiger partial charge in [0.05, 0.1) is 4.47 Å². The average molecular weight is 298 g/mol. The maximum atomic E-state index is 10.3. The minimum atomic E-state index is 0.323. The van der Waals surface area contributed by atoms with E-state index >= 15 is 0 Å². The van der Waals surface area contributed by atoms with Crippen molar-refractivity contribution in [1.82, 2.24) is 0 Å². The van der Waals surface area contributed by atoms with Crippen LogP contribution >= 0.6 is 15.9 Å². The molecule has 0 aliphatic heterocycles. The van der Waals surface area contributed by atoms with Crippen LogP contribution in [0, 0.1) is 0 Å². The number of hydrogen-bond donors (Lipinski definition) is 2. The van der Waals surface area contributed by atoms with Crippen LogP contribution in [0.2, 0.25) is 0 Å². The van der Waals surface area contributed by atoms with Crippen molar-refractivity contribution < 1.29 is 5.11 Å². The van der Waals surface area contributed by atoms with Gasteiger partial charge >= 0.3 is 0 Å². The molecule has 0 radical (unpaired) electrons. The second-order valence-electron chi connectivity index (χ2n) is 4.95. The molecular formula is C14H20BrNO. The van der Waals surface area contributed by atoms with Gasteiger partial charge in [0, 0.05) is 0 Å². The third-order valence-corrected chi connectivity index (χ3v) is 4.57. The summed E-state index contributed by atoms with van der Waals surface area (Å²) in [5.41, 5.74) is 9.35. The fourth-order valence-electron chi connectivity index (χ4n) is 2.65. The quantitative estimate of drug-likeness (QED) is 0.897. The van der Waals surface area contributed by atoms with Crippen LogP contribution in [0.5, 0.6) is 5.75 Å². The minimum Gasteiger partial charge on any atom is -0.506 e. The van der Waals surface area contributed by atoms with Crippen LogP contribution in [-0.2, 0) is 12.8 Å². The highest BCUT2D eigenvalue weighted by molar-refractivity contribution is 9.10. The number of phenolic OH excluding ortho intramolecular Hbond substituents is 1. The molecule has 0 saturated heterocycles. The Hall–Kier alpha value is -0.540. The van der Waals surface area contributed by atoms with Crippen LogP contribution in [-0.4, -0.2) is 11.7 Å². The zero-order valence-electron chi connectivity index (χ0n) is 10.3. The Morgan fingerprint density at radius 1 is 1.41 bits per heavy atom. The second-order valence-corrected chi connectivity index (χ2v) is 5.74. The summed E-state index contributed by atoms with van der Waals surface area (Å²) in [5, 5.41) is 10.3. The van der Waals surface area contributed by atoms with E-state index in [4.69, 9.17) is 5.73 Å². The molecular weight excluding hydrogens is 278 g/mol. The Kier molecular flexibility index (Phi) is 4.10. The van der Waals surface area contributed by atoms with Crippen LogP contribution in [0.1, 0.15) is 48.8 Å². The number of fused-ring (bicyclic) bond motifs is 1. The summed E-state index contributed by atoms with van der Waals surface area (Å²) in [4.78, 5) is 0. The Labute approximate surface area is 111 Å². The molecule has 0 aromatic heterocycles. The van der Waals surface area contributed by atoms with Gasteiger partial charge in [-0.15, -0.1) is 0 Å². The van der Waals surface area contributed by atoms with Gasteiger partial charge in [0.15, 0.2) is 0 Å². The van der Waals surface area contributed by atoms with Gasteiger partial charge in [-0.3, -0.25) is 0 Å². The fraction of sp³-hybridized carbons (Fsp3) is 0.571. The lowest BCUT2D eigenvalue weighted by atomic mass is 9.86. The molecule has 1 aliphatic carbocycles. The number of hydrogen-bond acceptors (Lipinski definition) is 2. The number of aromatic hydroxyl groups is 1. The summed E-state index contributed by atoms with van der Waals surface area (Å²) in [7, 11) is 0. The first kappa shape index (κ1) is 12.9. The Bertz CT molecular complexity index is 417. The van der Waals surface area contributed by atoms with Crippen molar-refractivity contribution in [3.8, 4) is 5.75 Å². The van der Waals surface area contributed by atoms with Crippen LogP contribution in [0.25, 0.3) is 0 Å². The molecule has 0 amide bonds. The van der Waals surface area contributed by atoms with E-state index < -0.39 is 0 Å². The van der Waals surface area contributed by atoms with Gasteiger partial charge in [0.2, 0.25) is 0 Å². The van der Waals surface area contributed by atoms with Crippen molar-refractivity contribution in [2.45, 2.75) is 44.9 Å². The average Bonchev–Trinajstić information content (AvgIpc) is 2.34. The van der Waals surface area contributed by atoms with Crippen LogP contribution < -0.4 is 5.73 Å². The minimum absolute atomic E-state index is 0.323. The van der Waals surface area contributed by atoms with Crippen molar-refractivity contribution in [2.24, 2.45) is 5.73 Å². The van der Waals surface area contributed by atoms with Crippen LogP contribution in [0.4, 0.5) is 0 Å². The number of halogens is 1. The van der Waals surface area contributed by atoms with E-state index in [2.05, 4.69) is 28.9 Å². The lowest BCUT2D eigenvalue weighted by Gasteiger charge is -2.22. The summed E-state index contributed by atoms with van der Waals surface area (Å²) in [6, 6.07) is 2.19. The third kappa shape index (κ3) is 2.50. The highest BCUT2D eigenvalue weighted by Crippen LogP contribution is 2.40. The Morgan fingerprint density at radius 2 is 2.12 bits per heavy atom. The van der Waals surface area contributed by atoms with E-state index in [1.807, 2.05) is 0 Å². The molecule has 2 rings (SSSR count). The number of benzene rings is 1. The van der Waals surface area contributed by atoms with Crippen molar-refractivity contribution in [3.05, 3.63) is 27.2 Å². The van der Waals surface area contributed by atoms with Crippen molar-refractivity contribution in [2.75, 3.05) is 6.54 Å². The number of rotatable bonds is 3. The van der Waals surface area contributed by atoms with Gasteiger partial charge in [-0.05, 0) is 77.2 Å². The molecule has 3 heteroatoms. The second kappa shape index (κ2) is 5.40. The van der Waals surface area contributed by atoms with E-state index in [-0.39, 0.29) is 0 Å². The molecule has 94 valence electrons. The maximum absolute atomic E-state index is 10.3. The molecule has 1 aromatic rings. The van der Waals surface area contributed by atoms with Crippen LogP contribution in [0.15, 0.2) is 10.5 Å². The first-order chi connectivity index (χ1) is 8.15. The first-order valence-electron chi connectivity index (χ1n) is 6.38. The van der Waals surface area contributed by atoms with Crippen molar-refractivity contribution in [1.29, 1.82) is 0 Å². The van der Waals surface area contributed by atoms with Gasteiger partial charge in [0.25, 0.3) is 0 Å². The van der Waals surface area contributed by atoms with Crippen molar-refractivity contribution >= 4 is 15.9 Å². The molecule has 0 heterocycles. The summed E-state index contributed by atoms with van der Waals surface area (Å²) < 4.78 is 0.911. The summed E-state index contributed by atoms with van der Waals surface area (Å²) in [6.45, 7) is 2.79. The number of aryl methyl sites for hydroxylation is 1. The highest BCUT2D eigenvalue weighted by Gasteiger charge is 2.20. The van der Waals surface area contributed by atoms with E-state index in [0.29, 0.717) is 18.2 Å². The van der Waals surface area contributed by atoms with Gasteiger partial charge in [-0.1, -0.05) is 13.0 Å². The molecule has 1 aromatic carbocycles. The fourth-order valence-corrected chi connectivity index (χ4v) is 3.33. The van der Waals surface area contributed by atoms with Gasteiger partial charge in [-0.2, -0.15) is 0 Å². The standard InChI is InChI=1S/C14H20BrNO/c1-9(6-7-16)12-8-10-4-2-3-5-11(10)13(15)14(12)17/h8-9,17H,2-7,16H2,1H3. The topological polar surface area (TPSA) is 46.2 Å². The molecule has 1 atom stereocenters. The predicted octanol–water partition coefficient (Wildman–Crippen LogP) is 3.49. The molecule has 3 N–H and O–H groups in total. The van der Waals surface area contributed by atoms with Gasteiger partial charge in [0.1, 0.15) is 5.75 Å². The third-order valence-electron chi connectivity index (χ3n) is 3.72. The SMILES string of the molecule is CC(CCN)c1cc2c(c(Br)c1O)CCCC2.